The maximum atomic E-state index is 12.0. The standard InChI is InChI=1S/C15H26N2O2S2/c1-3-16-12-14-6-8-15(9-7-14)13-21(18,19)17-10-4-5-11-20-2/h6-9,16-17H,3-5,10-13H2,1-2H3. The van der Waals surface area contributed by atoms with E-state index in [1.54, 1.807) is 11.8 Å². The quantitative estimate of drug-likeness (QED) is 0.612. The highest BCUT2D eigenvalue weighted by atomic mass is 32.2. The van der Waals surface area contributed by atoms with Crippen molar-refractivity contribution in [2.75, 3.05) is 25.1 Å². The molecule has 4 nitrogen and oxygen atoms in total. The number of hydrogen-bond acceptors (Lipinski definition) is 4. The van der Waals surface area contributed by atoms with Gasteiger partial charge in [-0.2, -0.15) is 11.8 Å². The number of thioether (sulfide) groups is 1. The van der Waals surface area contributed by atoms with Crippen LogP contribution in [0.15, 0.2) is 24.3 Å². The molecule has 0 bridgehead atoms. The summed E-state index contributed by atoms with van der Waals surface area (Å²) in [6, 6.07) is 7.73. The van der Waals surface area contributed by atoms with Crippen molar-refractivity contribution in [3.63, 3.8) is 0 Å². The average molecular weight is 331 g/mol. The third-order valence-corrected chi connectivity index (χ3v) is 5.11. The smallest absolute Gasteiger partial charge is 0.215 e. The summed E-state index contributed by atoms with van der Waals surface area (Å²) in [5.74, 6) is 1.13. The molecule has 0 aliphatic rings. The van der Waals surface area contributed by atoms with E-state index in [2.05, 4.69) is 23.2 Å². The van der Waals surface area contributed by atoms with E-state index in [-0.39, 0.29) is 5.75 Å². The normalized spacial score (nSPS) is 11.7. The van der Waals surface area contributed by atoms with E-state index in [0.29, 0.717) is 6.54 Å². The van der Waals surface area contributed by atoms with Gasteiger partial charge in [-0.15, -0.1) is 0 Å². The molecule has 0 unspecified atom stereocenters. The Morgan fingerprint density at radius 3 is 2.38 bits per heavy atom. The van der Waals surface area contributed by atoms with Crippen LogP contribution in [-0.2, 0) is 22.3 Å². The van der Waals surface area contributed by atoms with Crippen molar-refractivity contribution < 1.29 is 8.42 Å². The Morgan fingerprint density at radius 2 is 1.76 bits per heavy atom. The molecule has 2 N–H and O–H groups in total. The van der Waals surface area contributed by atoms with Crippen molar-refractivity contribution in [3.8, 4) is 0 Å². The fraction of sp³-hybridized carbons (Fsp3) is 0.600. The highest BCUT2D eigenvalue weighted by Gasteiger charge is 2.10. The van der Waals surface area contributed by atoms with E-state index in [1.807, 2.05) is 24.3 Å². The highest BCUT2D eigenvalue weighted by molar-refractivity contribution is 7.98. The zero-order chi connectivity index (χ0) is 15.6. The molecular formula is C15H26N2O2S2. The van der Waals surface area contributed by atoms with Crippen LogP contribution in [0.25, 0.3) is 0 Å². The molecule has 0 spiro atoms. The van der Waals surface area contributed by atoms with Gasteiger partial charge in [0, 0.05) is 13.1 Å². The fourth-order valence-electron chi connectivity index (χ4n) is 1.89. The lowest BCUT2D eigenvalue weighted by molar-refractivity contribution is 0.577. The summed E-state index contributed by atoms with van der Waals surface area (Å²) in [5, 5.41) is 3.24. The number of rotatable bonds is 11. The molecular weight excluding hydrogens is 304 g/mol. The van der Waals surface area contributed by atoms with Crippen LogP contribution in [0.1, 0.15) is 30.9 Å². The van der Waals surface area contributed by atoms with Gasteiger partial charge in [0.25, 0.3) is 0 Å². The summed E-state index contributed by atoms with van der Waals surface area (Å²) >= 11 is 1.79. The summed E-state index contributed by atoms with van der Waals surface area (Å²) in [6.07, 6.45) is 3.99. The van der Waals surface area contributed by atoms with Gasteiger partial charge in [0.15, 0.2) is 0 Å². The van der Waals surface area contributed by atoms with Crippen molar-refractivity contribution in [2.24, 2.45) is 0 Å². The molecule has 0 aliphatic carbocycles. The van der Waals surface area contributed by atoms with E-state index in [1.165, 1.54) is 5.56 Å². The highest BCUT2D eigenvalue weighted by Crippen LogP contribution is 2.08. The molecule has 21 heavy (non-hydrogen) atoms. The second-order valence-corrected chi connectivity index (χ2v) is 7.74. The number of hydrogen-bond donors (Lipinski definition) is 2. The van der Waals surface area contributed by atoms with Crippen LogP contribution >= 0.6 is 11.8 Å². The minimum absolute atomic E-state index is 0.0526. The monoisotopic (exact) mass is 330 g/mol. The summed E-state index contributed by atoms with van der Waals surface area (Å²) in [5.41, 5.74) is 2.00. The van der Waals surface area contributed by atoms with Crippen LogP contribution in [0.5, 0.6) is 0 Å². The van der Waals surface area contributed by atoms with Gasteiger partial charge in [0.05, 0.1) is 5.75 Å². The molecule has 120 valence electrons. The molecule has 0 radical (unpaired) electrons. The van der Waals surface area contributed by atoms with Gasteiger partial charge < -0.3 is 5.32 Å². The Morgan fingerprint density at radius 1 is 1.10 bits per heavy atom. The maximum absolute atomic E-state index is 12.0. The first kappa shape index (κ1) is 18.5. The van der Waals surface area contributed by atoms with Gasteiger partial charge in [-0.05, 0) is 42.5 Å². The van der Waals surface area contributed by atoms with E-state index in [0.717, 1.165) is 37.2 Å². The SMILES string of the molecule is CCNCc1ccc(CS(=O)(=O)NCCCCSC)cc1. The largest absolute Gasteiger partial charge is 0.313 e. The molecule has 0 saturated carbocycles. The molecule has 6 heteroatoms. The van der Waals surface area contributed by atoms with Crippen LogP contribution in [0.4, 0.5) is 0 Å². The molecule has 0 saturated heterocycles. The maximum Gasteiger partial charge on any atom is 0.215 e. The summed E-state index contributed by atoms with van der Waals surface area (Å²) in [7, 11) is -3.22. The fourth-order valence-corrected chi connectivity index (χ4v) is 3.57. The summed E-state index contributed by atoms with van der Waals surface area (Å²) < 4.78 is 26.6. The first-order valence-corrected chi connectivity index (χ1v) is 10.4. The van der Waals surface area contributed by atoms with E-state index in [4.69, 9.17) is 0 Å². The Hall–Kier alpha value is -0.560. The second kappa shape index (κ2) is 10.2. The first-order chi connectivity index (χ1) is 10.1. The second-order valence-electron chi connectivity index (χ2n) is 4.95. The third-order valence-electron chi connectivity index (χ3n) is 3.06. The van der Waals surface area contributed by atoms with E-state index in [9.17, 15) is 8.42 Å². The number of unbranched alkanes of at least 4 members (excludes halogenated alkanes) is 1. The minimum Gasteiger partial charge on any atom is -0.313 e. The Labute approximate surface area is 133 Å². The first-order valence-electron chi connectivity index (χ1n) is 7.32. The van der Waals surface area contributed by atoms with Gasteiger partial charge in [0.2, 0.25) is 10.0 Å². The van der Waals surface area contributed by atoms with Crippen LogP contribution < -0.4 is 10.0 Å². The van der Waals surface area contributed by atoms with Crippen molar-refractivity contribution in [2.45, 2.75) is 32.1 Å². The third kappa shape index (κ3) is 8.46. The molecule has 1 rings (SSSR count). The predicted octanol–water partition coefficient (Wildman–Crippen LogP) is 2.36. The van der Waals surface area contributed by atoms with Gasteiger partial charge in [-0.1, -0.05) is 31.2 Å². The van der Waals surface area contributed by atoms with Crippen LogP contribution in [0.2, 0.25) is 0 Å². The van der Waals surface area contributed by atoms with Gasteiger partial charge in [-0.3, -0.25) is 0 Å². The number of nitrogens with one attached hydrogen (secondary N) is 2. The lowest BCUT2D eigenvalue weighted by Gasteiger charge is -2.08. The Kier molecular flexibility index (Phi) is 8.99. The molecule has 0 aliphatic heterocycles. The lowest BCUT2D eigenvalue weighted by atomic mass is 10.1. The van der Waals surface area contributed by atoms with Crippen molar-refractivity contribution >= 4 is 21.8 Å². The van der Waals surface area contributed by atoms with Crippen molar-refractivity contribution in [1.29, 1.82) is 0 Å². The van der Waals surface area contributed by atoms with E-state index < -0.39 is 10.0 Å². The molecule has 0 heterocycles. The molecule has 1 aromatic rings. The van der Waals surface area contributed by atoms with Crippen LogP contribution in [0.3, 0.4) is 0 Å². The molecule has 0 aromatic heterocycles. The topological polar surface area (TPSA) is 58.2 Å². The number of sulfonamides is 1. The molecule has 0 fully saturated rings. The lowest BCUT2D eigenvalue weighted by Crippen LogP contribution is -2.26. The van der Waals surface area contributed by atoms with Gasteiger partial charge in [0.1, 0.15) is 0 Å². The number of benzene rings is 1. The molecule has 0 amide bonds. The Balaban J connectivity index is 2.40. The molecule has 0 atom stereocenters. The zero-order valence-electron chi connectivity index (χ0n) is 12.9. The average Bonchev–Trinajstić information content (AvgIpc) is 2.46. The minimum atomic E-state index is -3.22. The van der Waals surface area contributed by atoms with Crippen molar-refractivity contribution in [3.05, 3.63) is 35.4 Å². The zero-order valence-corrected chi connectivity index (χ0v) is 14.5. The van der Waals surface area contributed by atoms with Crippen LogP contribution in [0, 0.1) is 0 Å². The van der Waals surface area contributed by atoms with Crippen LogP contribution in [-0.4, -0.2) is 33.5 Å². The summed E-state index contributed by atoms with van der Waals surface area (Å²) in [6.45, 7) is 4.33. The van der Waals surface area contributed by atoms with Gasteiger partial charge in [-0.25, -0.2) is 13.1 Å². The molecule has 1 aromatic carbocycles. The van der Waals surface area contributed by atoms with E-state index >= 15 is 0 Å². The van der Waals surface area contributed by atoms with Gasteiger partial charge >= 0.3 is 0 Å². The predicted molar refractivity (Wildman–Crippen MR) is 92.1 cm³/mol. The Bertz CT molecular complexity index is 487. The van der Waals surface area contributed by atoms with Crippen molar-refractivity contribution in [1.82, 2.24) is 10.0 Å². The summed E-state index contributed by atoms with van der Waals surface area (Å²) in [4.78, 5) is 0.